The Morgan fingerprint density at radius 3 is 2.55 bits per heavy atom. The summed E-state index contributed by atoms with van der Waals surface area (Å²) in [4.78, 5) is 12.8. The van der Waals surface area contributed by atoms with Gasteiger partial charge in [0.15, 0.2) is 0 Å². The average molecular weight is 447 g/mol. The topological polar surface area (TPSA) is 75.3 Å². The maximum absolute atomic E-state index is 12.8. The third kappa shape index (κ3) is 5.68. The predicted molar refractivity (Wildman–Crippen MR) is 109 cm³/mol. The van der Waals surface area contributed by atoms with Crippen molar-refractivity contribution in [1.29, 1.82) is 5.26 Å². The van der Waals surface area contributed by atoms with E-state index in [2.05, 4.69) is 10.1 Å². The molecule has 0 saturated heterocycles. The molecule has 5 nitrogen and oxygen atoms in total. The van der Waals surface area contributed by atoms with Crippen molar-refractivity contribution in [2.75, 3.05) is 5.32 Å². The van der Waals surface area contributed by atoms with Crippen LogP contribution in [-0.2, 0) is 0 Å². The summed E-state index contributed by atoms with van der Waals surface area (Å²) in [6, 6.07) is 15.1. The maximum Gasteiger partial charge on any atom is 0.573 e. The maximum atomic E-state index is 12.8. The number of furan rings is 1. The smallest absolute Gasteiger partial charge is 0.461 e. The first-order valence-corrected chi connectivity index (χ1v) is 9.18. The molecule has 3 rings (SSSR count). The minimum Gasteiger partial charge on any atom is -0.461 e. The number of allylic oxidation sites excluding steroid dienone is 1. The molecule has 3 aromatic rings. The van der Waals surface area contributed by atoms with E-state index >= 15 is 0 Å². The number of nitriles is 1. The Morgan fingerprint density at radius 2 is 1.90 bits per heavy atom. The highest BCUT2D eigenvalue weighted by molar-refractivity contribution is 6.30. The van der Waals surface area contributed by atoms with Crippen LogP contribution in [0.4, 0.5) is 18.9 Å². The van der Waals surface area contributed by atoms with E-state index in [9.17, 15) is 23.2 Å². The van der Waals surface area contributed by atoms with E-state index in [-0.39, 0.29) is 16.8 Å². The monoisotopic (exact) mass is 446 g/mol. The Kier molecular flexibility index (Phi) is 6.37. The lowest BCUT2D eigenvalue weighted by molar-refractivity contribution is -0.274. The van der Waals surface area contributed by atoms with Gasteiger partial charge in [-0.3, -0.25) is 4.79 Å². The SMILES string of the molecule is Cc1oc(-c2ccc(Cl)cc2)cc1C(=O)/C(C#N)=C/Nc1cccc(OC(F)(F)F)c1. The molecule has 0 unspecified atom stereocenters. The highest BCUT2D eigenvalue weighted by atomic mass is 35.5. The van der Waals surface area contributed by atoms with Gasteiger partial charge in [-0.05, 0) is 49.4 Å². The van der Waals surface area contributed by atoms with Gasteiger partial charge >= 0.3 is 6.36 Å². The number of Topliss-reactive ketones (excluding diaryl/α,β-unsaturated/α-hetero) is 1. The fourth-order valence-corrected chi connectivity index (χ4v) is 2.82. The first kappa shape index (κ1) is 22.0. The molecule has 0 atom stereocenters. The zero-order valence-electron chi connectivity index (χ0n) is 16.0. The van der Waals surface area contributed by atoms with Gasteiger partial charge in [-0.25, -0.2) is 0 Å². The number of nitrogens with one attached hydrogen (secondary N) is 1. The van der Waals surface area contributed by atoms with Gasteiger partial charge in [0.25, 0.3) is 0 Å². The Balaban J connectivity index is 1.81. The van der Waals surface area contributed by atoms with Gasteiger partial charge in [0, 0.05) is 28.5 Å². The van der Waals surface area contributed by atoms with Gasteiger partial charge < -0.3 is 14.5 Å². The molecule has 2 aromatic carbocycles. The molecule has 9 heteroatoms. The van der Waals surface area contributed by atoms with Crippen molar-refractivity contribution in [3.63, 3.8) is 0 Å². The molecule has 0 fully saturated rings. The Bertz CT molecular complexity index is 1180. The summed E-state index contributed by atoms with van der Waals surface area (Å²) in [6.45, 7) is 1.59. The molecule has 158 valence electrons. The van der Waals surface area contributed by atoms with Crippen LogP contribution in [-0.4, -0.2) is 12.1 Å². The molecule has 0 radical (unpaired) electrons. The summed E-state index contributed by atoms with van der Waals surface area (Å²) in [7, 11) is 0. The number of alkyl halides is 3. The van der Waals surface area contributed by atoms with Gasteiger partial charge in [0.1, 0.15) is 28.9 Å². The van der Waals surface area contributed by atoms with Crippen molar-refractivity contribution >= 4 is 23.1 Å². The molecule has 0 aliphatic carbocycles. The van der Waals surface area contributed by atoms with Crippen LogP contribution in [0.15, 0.2) is 70.8 Å². The number of benzene rings is 2. The summed E-state index contributed by atoms with van der Waals surface area (Å²) in [5.41, 5.74) is 0.837. The van der Waals surface area contributed by atoms with Crippen LogP contribution >= 0.6 is 11.6 Å². The number of hydrogen-bond acceptors (Lipinski definition) is 5. The second-order valence-electron chi connectivity index (χ2n) is 6.31. The highest BCUT2D eigenvalue weighted by Gasteiger charge is 2.31. The zero-order chi connectivity index (χ0) is 22.6. The summed E-state index contributed by atoms with van der Waals surface area (Å²) >= 11 is 5.87. The number of carbonyl (C=O) groups excluding carboxylic acids is 1. The Hall–Kier alpha value is -3.70. The molecular weight excluding hydrogens is 433 g/mol. The van der Waals surface area contributed by atoms with Crippen molar-refractivity contribution in [3.8, 4) is 23.1 Å². The Labute approximate surface area is 180 Å². The zero-order valence-corrected chi connectivity index (χ0v) is 16.7. The van der Waals surface area contributed by atoms with Gasteiger partial charge in [-0.1, -0.05) is 17.7 Å². The largest absolute Gasteiger partial charge is 0.573 e. The van der Waals surface area contributed by atoms with Crippen LogP contribution in [0.1, 0.15) is 16.1 Å². The Morgan fingerprint density at radius 1 is 1.19 bits per heavy atom. The van der Waals surface area contributed by atoms with Crippen LogP contribution in [0.3, 0.4) is 0 Å². The molecule has 0 saturated carbocycles. The van der Waals surface area contributed by atoms with Crippen LogP contribution in [0.5, 0.6) is 5.75 Å². The quantitative estimate of drug-likeness (QED) is 0.265. The van der Waals surface area contributed by atoms with E-state index in [1.807, 2.05) is 0 Å². The third-order valence-electron chi connectivity index (χ3n) is 4.11. The van der Waals surface area contributed by atoms with Crippen LogP contribution in [0.2, 0.25) is 5.02 Å². The second kappa shape index (κ2) is 8.98. The summed E-state index contributed by atoms with van der Waals surface area (Å²) < 4.78 is 46.6. The molecule has 0 aliphatic heterocycles. The van der Waals surface area contributed by atoms with Crippen molar-refractivity contribution in [3.05, 3.63) is 82.7 Å². The number of anilines is 1. The average Bonchev–Trinajstić information content (AvgIpc) is 3.09. The van der Waals surface area contributed by atoms with E-state index < -0.39 is 17.9 Å². The number of ether oxygens (including phenoxy) is 1. The van der Waals surface area contributed by atoms with E-state index in [1.54, 1.807) is 37.3 Å². The molecule has 1 heterocycles. The summed E-state index contributed by atoms with van der Waals surface area (Å²) in [5.74, 6) is -0.287. The van der Waals surface area contributed by atoms with E-state index in [0.29, 0.717) is 22.1 Å². The van der Waals surface area contributed by atoms with Gasteiger partial charge in [0.2, 0.25) is 5.78 Å². The third-order valence-corrected chi connectivity index (χ3v) is 4.36. The summed E-state index contributed by atoms with van der Waals surface area (Å²) in [6.07, 6.45) is -3.72. The molecule has 1 aromatic heterocycles. The number of nitrogens with zero attached hydrogens (tertiary/aromatic N) is 1. The van der Waals surface area contributed by atoms with Crippen LogP contribution in [0, 0.1) is 18.3 Å². The normalized spacial score (nSPS) is 11.7. The lowest BCUT2D eigenvalue weighted by atomic mass is 10.0. The van der Waals surface area contributed by atoms with Crippen molar-refractivity contribution < 1.29 is 27.1 Å². The van der Waals surface area contributed by atoms with Crippen molar-refractivity contribution in [1.82, 2.24) is 0 Å². The number of ketones is 1. The molecule has 0 aliphatic rings. The summed E-state index contributed by atoms with van der Waals surface area (Å²) in [5, 5.41) is 12.6. The lowest BCUT2D eigenvalue weighted by Gasteiger charge is -2.10. The van der Waals surface area contributed by atoms with Gasteiger partial charge in [0.05, 0.1) is 5.56 Å². The molecule has 0 amide bonds. The fraction of sp³-hybridized carbons (Fsp3) is 0.0909. The number of hydrogen-bond donors (Lipinski definition) is 1. The minimum atomic E-state index is -4.83. The minimum absolute atomic E-state index is 0.189. The van der Waals surface area contributed by atoms with Gasteiger partial charge in [-0.2, -0.15) is 5.26 Å². The first-order valence-electron chi connectivity index (χ1n) is 8.80. The van der Waals surface area contributed by atoms with E-state index in [0.717, 1.165) is 18.3 Å². The molecule has 0 spiro atoms. The lowest BCUT2D eigenvalue weighted by Crippen LogP contribution is -2.17. The van der Waals surface area contributed by atoms with E-state index in [4.69, 9.17) is 16.0 Å². The molecule has 1 N–H and O–H groups in total. The number of rotatable bonds is 6. The molecular formula is C22H14ClF3N2O3. The van der Waals surface area contributed by atoms with Crippen LogP contribution < -0.4 is 10.1 Å². The van der Waals surface area contributed by atoms with Crippen molar-refractivity contribution in [2.24, 2.45) is 0 Å². The highest BCUT2D eigenvalue weighted by Crippen LogP contribution is 2.28. The number of carbonyl (C=O) groups is 1. The van der Waals surface area contributed by atoms with Crippen LogP contribution in [0.25, 0.3) is 11.3 Å². The molecule has 0 bridgehead atoms. The number of halogens is 4. The standard InChI is InChI=1S/C22H14ClF3N2O3/c1-13-19(10-20(30-13)14-5-7-16(23)8-6-14)21(29)15(11-27)12-28-17-3-2-4-18(9-17)31-22(24,25)26/h2-10,12,28H,1H3/b15-12+. The van der Waals surface area contributed by atoms with Gasteiger partial charge in [-0.15, -0.1) is 13.2 Å². The first-order chi connectivity index (χ1) is 14.7. The van der Waals surface area contributed by atoms with E-state index in [1.165, 1.54) is 18.2 Å². The molecule has 31 heavy (non-hydrogen) atoms. The van der Waals surface area contributed by atoms with Crippen molar-refractivity contribution in [2.45, 2.75) is 13.3 Å². The second-order valence-corrected chi connectivity index (χ2v) is 6.74. The fourth-order valence-electron chi connectivity index (χ4n) is 2.70. The predicted octanol–water partition coefficient (Wildman–Crippen LogP) is 6.51. The number of aryl methyl sites for hydroxylation is 1.